The highest BCUT2D eigenvalue weighted by atomic mass is 35.5. The van der Waals surface area contributed by atoms with Crippen molar-refractivity contribution >= 4 is 53.0 Å². The number of hydrogen-bond donors (Lipinski definition) is 4. The molecule has 1 spiro atoms. The van der Waals surface area contributed by atoms with E-state index in [4.69, 9.17) is 40.8 Å². The fraction of sp³-hybridized carbons (Fsp3) is 0.133. The molecule has 2 amide bonds. The van der Waals surface area contributed by atoms with Gasteiger partial charge in [0.05, 0.1) is 11.5 Å². The number of hydrogen-bond acceptors (Lipinski definition) is 6. The van der Waals surface area contributed by atoms with Crippen LogP contribution in [0.15, 0.2) is 29.1 Å². The third-order valence-corrected chi connectivity index (χ3v) is 4.89. The number of thiocarbonyl (C=S) groups is 1. The molecule has 1 unspecified atom stereocenters. The Bertz CT molecular complexity index is 1070. The summed E-state index contributed by atoms with van der Waals surface area (Å²) in [6.07, 6.45) is 0. The zero-order chi connectivity index (χ0) is 18.6. The van der Waals surface area contributed by atoms with Crippen LogP contribution in [0.3, 0.4) is 0 Å². The maximum absolute atomic E-state index is 12.8. The molecule has 1 aromatic heterocycles. The number of aromatic amines is 2. The largest absolute Gasteiger partial charge is 0.451 e. The Morgan fingerprint density at radius 1 is 1.00 bits per heavy atom. The van der Waals surface area contributed by atoms with Crippen molar-refractivity contribution in [2.75, 3.05) is 0 Å². The molecule has 1 aromatic carbocycles. The molecule has 11 heteroatoms. The van der Waals surface area contributed by atoms with Crippen molar-refractivity contribution in [2.24, 2.45) is 0 Å². The lowest BCUT2D eigenvalue weighted by atomic mass is 9.77. The SMILES string of the molecule is O=C1NC(=S)NC(=O)C12Oc1[nH]c(=S)[nH]c(=O)c1C2c1ccc(Cl)cc1. The summed E-state index contributed by atoms with van der Waals surface area (Å²) in [7, 11) is 0. The first-order chi connectivity index (χ1) is 12.3. The standard InChI is InChI=1S/C15H9ClN4O4S2/c16-6-3-1-5(2-4-6)8-7-9(21)17-13(25)18-10(7)24-15(8)11(22)19-14(26)20-12(15)23/h1-4,8H,(H2,17,18,21,25)(H2,19,20,22,23,26). The van der Waals surface area contributed by atoms with Crippen LogP contribution in [0.25, 0.3) is 0 Å². The van der Waals surface area contributed by atoms with Gasteiger partial charge in [-0.25, -0.2) is 0 Å². The van der Waals surface area contributed by atoms with Crippen LogP contribution in [0.1, 0.15) is 17.0 Å². The number of fused-ring (bicyclic) bond motifs is 1. The number of carbonyl (C=O) groups excluding carboxylic acids is 2. The van der Waals surface area contributed by atoms with E-state index in [1.165, 1.54) is 0 Å². The minimum absolute atomic E-state index is 0.00722. The van der Waals surface area contributed by atoms with Gasteiger partial charge in [-0.3, -0.25) is 30.0 Å². The minimum Gasteiger partial charge on any atom is -0.451 e. The number of ether oxygens (including phenoxy) is 1. The third-order valence-electron chi connectivity index (χ3n) is 4.23. The van der Waals surface area contributed by atoms with E-state index < -0.39 is 28.9 Å². The molecule has 4 N–H and O–H groups in total. The number of H-pyrrole nitrogens is 2. The lowest BCUT2D eigenvalue weighted by Crippen LogP contribution is -2.70. The zero-order valence-electron chi connectivity index (χ0n) is 12.7. The molecule has 0 bridgehead atoms. The number of aromatic nitrogens is 2. The molecule has 1 fully saturated rings. The summed E-state index contributed by atoms with van der Waals surface area (Å²) in [5.41, 5.74) is -2.04. The molecule has 0 radical (unpaired) electrons. The van der Waals surface area contributed by atoms with Crippen molar-refractivity contribution in [2.45, 2.75) is 11.5 Å². The highest BCUT2D eigenvalue weighted by molar-refractivity contribution is 7.80. The lowest BCUT2D eigenvalue weighted by molar-refractivity contribution is -0.150. The van der Waals surface area contributed by atoms with Crippen LogP contribution in [-0.2, 0) is 9.59 Å². The van der Waals surface area contributed by atoms with Gasteiger partial charge in [-0.1, -0.05) is 23.7 Å². The molecule has 0 aliphatic carbocycles. The van der Waals surface area contributed by atoms with E-state index in [1.807, 2.05) is 0 Å². The summed E-state index contributed by atoms with van der Waals surface area (Å²) in [4.78, 5) is 43.3. The summed E-state index contributed by atoms with van der Waals surface area (Å²) < 4.78 is 5.72. The summed E-state index contributed by atoms with van der Waals surface area (Å²) in [6, 6.07) is 6.40. The fourth-order valence-corrected chi connectivity index (χ4v) is 3.68. The van der Waals surface area contributed by atoms with Crippen molar-refractivity contribution in [3.8, 4) is 5.88 Å². The average Bonchev–Trinajstić information content (AvgIpc) is 2.90. The van der Waals surface area contributed by atoms with Gasteiger partial charge in [-0.05, 0) is 42.1 Å². The van der Waals surface area contributed by atoms with Gasteiger partial charge in [-0.15, -0.1) is 0 Å². The molecule has 4 rings (SSSR count). The van der Waals surface area contributed by atoms with Gasteiger partial charge < -0.3 is 9.72 Å². The molecule has 2 aromatic rings. The maximum atomic E-state index is 12.8. The van der Waals surface area contributed by atoms with Gasteiger partial charge in [0.15, 0.2) is 9.88 Å². The minimum atomic E-state index is -2.05. The Morgan fingerprint density at radius 3 is 2.23 bits per heavy atom. The van der Waals surface area contributed by atoms with Crippen molar-refractivity contribution < 1.29 is 14.3 Å². The van der Waals surface area contributed by atoms with Crippen LogP contribution in [-0.4, -0.2) is 32.5 Å². The Labute approximate surface area is 160 Å². The first kappa shape index (κ1) is 16.9. The molecule has 3 heterocycles. The second-order valence-electron chi connectivity index (χ2n) is 5.71. The van der Waals surface area contributed by atoms with Crippen LogP contribution < -0.4 is 20.9 Å². The first-order valence-electron chi connectivity index (χ1n) is 7.31. The number of rotatable bonds is 1. The van der Waals surface area contributed by atoms with E-state index in [-0.39, 0.29) is 21.3 Å². The van der Waals surface area contributed by atoms with Gasteiger partial charge in [0.25, 0.3) is 23.0 Å². The van der Waals surface area contributed by atoms with Crippen LogP contribution in [0.5, 0.6) is 5.88 Å². The van der Waals surface area contributed by atoms with E-state index in [1.54, 1.807) is 24.3 Å². The van der Waals surface area contributed by atoms with E-state index in [0.717, 1.165) is 0 Å². The topological polar surface area (TPSA) is 116 Å². The Hall–Kier alpha value is -2.56. The summed E-state index contributed by atoms with van der Waals surface area (Å²) >= 11 is 15.7. The van der Waals surface area contributed by atoms with E-state index in [2.05, 4.69) is 20.6 Å². The number of halogens is 1. The van der Waals surface area contributed by atoms with E-state index in [0.29, 0.717) is 10.6 Å². The van der Waals surface area contributed by atoms with E-state index in [9.17, 15) is 14.4 Å². The normalized spacial score (nSPS) is 20.3. The molecule has 132 valence electrons. The molecule has 2 aliphatic rings. The molecule has 2 aliphatic heterocycles. The summed E-state index contributed by atoms with van der Waals surface area (Å²) in [5, 5.41) is 5.08. The third kappa shape index (κ3) is 2.30. The van der Waals surface area contributed by atoms with E-state index >= 15 is 0 Å². The highest BCUT2D eigenvalue weighted by Gasteiger charge is 2.64. The Morgan fingerprint density at radius 2 is 1.62 bits per heavy atom. The summed E-state index contributed by atoms with van der Waals surface area (Å²) in [6.45, 7) is 0. The molecule has 1 saturated heterocycles. The zero-order valence-corrected chi connectivity index (χ0v) is 15.1. The van der Waals surface area contributed by atoms with Gasteiger partial charge in [-0.2, -0.15) is 0 Å². The molecule has 1 atom stereocenters. The van der Waals surface area contributed by atoms with Crippen LogP contribution in [0, 0.1) is 4.77 Å². The van der Waals surface area contributed by atoms with Crippen LogP contribution in [0.4, 0.5) is 0 Å². The number of amides is 2. The number of carbonyl (C=O) groups is 2. The highest BCUT2D eigenvalue weighted by Crippen LogP contribution is 2.46. The number of nitrogens with one attached hydrogen (secondary N) is 4. The molecule has 8 nitrogen and oxygen atoms in total. The van der Waals surface area contributed by atoms with Gasteiger partial charge in [0.1, 0.15) is 0 Å². The molecule has 0 saturated carbocycles. The Balaban J connectivity index is 2.02. The lowest BCUT2D eigenvalue weighted by Gasteiger charge is -2.35. The second-order valence-corrected chi connectivity index (χ2v) is 6.96. The molecular formula is C15H9ClN4O4S2. The van der Waals surface area contributed by atoms with Crippen molar-refractivity contribution in [1.29, 1.82) is 0 Å². The van der Waals surface area contributed by atoms with Gasteiger partial charge in [0.2, 0.25) is 5.88 Å². The predicted octanol–water partition coefficient (Wildman–Crippen LogP) is 0.880. The maximum Gasteiger partial charge on any atom is 0.281 e. The average molecular weight is 409 g/mol. The quantitative estimate of drug-likeness (QED) is 0.411. The van der Waals surface area contributed by atoms with Crippen LogP contribution in [0.2, 0.25) is 5.02 Å². The van der Waals surface area contributed by atoms with Crippen molar-refractivity contribution in [3.63, 3.8) is 0 Å². The number of benzene rings is 1. The van der Waals surface area contributed by atoms with Gasteiger partial charge >= 0.3 is 0 Å². The van der Waals surface area contributed by atoms with Gasteiger partial charge in [0, 0.05) is 5.02 Å². The van der Waals surface area contributed by atoms with Crippen LogP contribution >= 0.6 is 36.0 Å². The predicted molar refractivity (Wildman–Crippen MR) is 97.8 cm³/mol. The second kappa shape index (κ2) is 5.73. The monoisotopic (exact) mass is 408 g/mol. The molecule has 26 heavy (non-hydrogen) atoms. The summed E-state index contributed by atoms with van der Waals surface area (Å²) in [5.74, 6) is -2.63. The molecular weight excluding hydrogens is 400 g/mol. The fourth-order valence-electron chi connectivity index (χ4n) is 3.18. The van der Waals surface area contributed by atoms with Crippen molar-refractivity contribution in [3.05, 3.63) is 55.5 Å². The van der Waals surface area contributed by atoms with Crippen molar-refractivity contribution in [1.82, 2.24) is 20.6 Å². The Kier molecular flexibility index (Phi) is 3.72. The smallest absolute Gasteiger partial charge is 0.281 e. The first-order valence-corrected chi connectivity index (χ1v) is 8.50.